The topological polar surface area (TPSA) is 86.8 Å². The molecule has 0 aliphatic rings. The molecule has 3 aromatic rings. The molecule has 1 N–H and O–H groups in total. The second-order valence-corrected chi connectivity index (χ2v) is 11.5. The lowest BCUT2D eigenvalue weighted by atomic mass is 10.0. The Morgan fingerprint density at radius 2 is 1.50 bits per heavy atom. The monoisotopic (exact) mass is 535 g/mol. The molecule has 0 aromatic heterocycles. The first kappa shape index (κ1) is 28.9. The van der Waals surface area contributed by atoms with Gasteiger partial charge in [0.2, 0.25) is 21.8 Å². The number of sulfonamides is 1. The van der Waals surface area contributed by atoms with Gasteiger partial charge in [-0.2, -0.15) is 0 Å². The number of hydrogen-bond acceptors (Lipinski definition) is 4. The second-order valence-electron chi connectivity index (χ2n) is 9.56. The number of nitrogens with one attached hydrogen (secondary N) is 1. The van der Waals surface area contributed by atoms with Crippen molar-refractivity contribution in [1.82, 2.24) is 10.2 Å². The van der Waals surface area contributed by atoms with Crippen molar-refractivity contribution in [2.45, 2.75) is 46.2 Å². The molecule has 0 fully saturated rings. The lowest BCUT2D eigenvalue weighted by molar-refractivity contribution is -0.140. The summed E-state index contributed by atoms with van der Waals surface area (Å²) in [5.41, 5.74) is 3.94. The van der Waals surface area contributed by atoms with Crippen molar-refractivity contribution < 1.29 is 18.0 Å². The van der Waals surface area contributed by atoms with Crippen LogP contribution < -0.4 is 9.62 Å². The lowest BCUT2D eigenvalue weighted by Gasteiger charge is -2.33. The van der Waals surface area contributed by atoms with Crippen LogP contribution in [0.4, 0.5) is 5.69 Å². The maximum atomic E-state index is 14.0. The fraction of sp³-hybridized carbons (Fsp3) is 0.333. The summed E-state index contributed by atoms with van der Waals surface area (Å²) in [6.45, 7) is 5.95. The number of rotatable bonds is 12. The predicted molar refractivity (Wildman–Crippen MR) is 152 cm³/mol. The Hall–Kier alpha value is -3.65. The van der Waals surface area contributed by atoms with E-state index in [1.807, 2.05) is 93.6 Å². The summed E-state index contributed by atoms with van der Waals surface area (Å²) in [5, 5.41) is 2.94. The van der Waals surface area contributed by atoms with Gasteiger partial charge in [0.25, 0.3) is 0 Å². The van der Waals surface area contributed by atoms with Crippen LogP contribution in [0.25, 0.3) is 0 Å². The van der Waals surface area contributed by atoms with Gasteiger partial charge in [0, 0.05) is 19.5 Å². The normalized spacial score (nSPS) is 12.0. The molecule has 0 unspecified atom stereocenters. The van der Waals surface area contributed by atoms with Gasteiger partial charge in [-0.25, -0.2) is 8.42 Å². The maximum absolute atomic E-state index is 14.0. The zero-order valence-electron chi connectivity index (χ0n) is 22.6. The molecule has 0 saturated carbocycles. The quantitative estimate of drug-likeness (QED) is 0.376. The van der Waals surface area contributed by atoms with Crippen molar-refractivity contribution in [3.8, 4) is 0 Å². The van der Waals surface area contributed by atoms with Crippen LogP contribution >= 0.6 is 0 Å². The predicted octanol–water partition coefficient (Wildman–Crippen LogP) is 4.24. The number of hydrogen-bond donors (Lipinski definition) is 1. The standard InChI is InChI=1S/C30H37N3O4S/c1-5-18-31-30(35)28(20-25-12-8-6-9-13-25)32(21-26-14-10-7-11-15-26)29(34)22-33(38(4,36)37)27-17-16-23(2)19-24(27)3/h6-17,19,28H,5,18,20-22H2,1-4H3,(H,31,35)/t28-/m0/s1. The third-order valence-corrected chi connectivity index (χ3v) is 7.44. The third kappa shape index (κ3) is 7.92. The molecule has 7 nitrogen and oxygen atoms in total. The first-order valence-corrected chi connectivity index (χ1v) is 14.6. The van der Waals surface area contributed by atoms with E-state index in [4.69, 9.17) is 0 Å². The number of carbonyl (C=O) groups excluding carboxylic acids is 2. The molecule has 3 rings (SSSR count). The van der Waals surface area contributed by atoms with E-state index in [-0.39, 0.29) is 12.5 Å². The van der Waals surface area contributed by atoms with E-state index in [1.54, 1.807) is 6.07 Å². The SMILES string of the molecule is CCCNC(=O)[C@H](Cc1ccccc1)N(Cc1ccccc1)C(=O)CN(c1ccc(C)cc1C)S(C)(=O)=O. The number of carbonyl (C=O) groups is 2. The van der Waals surface area contributed by atoms with Crippen molar-refractivity contribution >= 4 is 27.5 Å². The Morgan fingerprint density at radius 1 is 0.895 bits per heavy atom. The molecule has 0 bridgehead atoms. The molecular formula is C30H37N3O4S. The summed E-state index contributed by atoms with van der Waals surface area (Å²) in [6.07, 6.45) is 2.15. The minimum Gasteiger partial charge on any atom is -0.354 e. The molecule has 38 heavy (non-hydrogen) atoms. The van der Waals surface area contributed by atoms with Gasteiger partial charge in [0.05, 0.1) is 11.9 Å². The van der Waals surface area contributed by atoms with Crippen LogP contribution in [-0.4, -0.2) is 50.5 Å². The zero-order valence-corrected chi connectivity index (χ0v) is 23.4. The molecule has 2 amide bonds. The van der Waals surface area contributed by atoms with Crippen molar-refractivity contribution in [2.24, 2.45) is 0 Å². The van der Waals surface area contributed by atoms with Gasteiger partial charge < -0.3 is 10.2 Å². The number of amides is 2. The van der Waals surface area contributed by atoms with E-state index in [1.165, 1.54) is 4.90 Å². The highest BCUT2D eigenvalue weighted by Gasteiger charge is 2.33. The van der Waals surface area contributed by atoms with E-state index in [9.17, 15) is 18.0 Å². The summed E-state index contributed by atoms with van der Waals surface area (Å²) >= 11 is 0. The Bertz CT molecular complexity index is 1330. The van der Waals surface area contributed by atoms with E-state index < -0.39 is 28.5 Å². The Labute approximate surface area is 226 Å². The van der Waals surface area contributed by atoms with Crippen molar-refractivity contribution in [2.75, 3.05) is 23.7 Å². The lowest BCUT2D eigenvalue weighted by Crippen LogP contribution is -2.53. The highest BCUT2D eigenvalue weighted by Crippen LogP contribution is 2.24. The third-order valence-electron chi connectivity index (χ3n) is 6.32. The van der Waals surface area contributed by atoms with Gasteiger partial charge in [-0.3, -0.25) is 13.9 Å². The summed E-state index contributed by atoms with van der Waals surface area (Å²) in [6, 6.07) is 23.5. The molecule has 0 saturated heterocycles. The number of aryl methyl sites for hydroxylation is 2. The molecular weight excluding hydrogens is 498 g/mol. The van der Waals surface area contributed by atoms with E-state index in [0.717, 1.165) is 39.2 Å². The Morgan fingerprint density at radius 3 is 2.05 bits per heavy atom. The van der Waals surface area contributed by atoms with Crippen molar-refractivity contribution in [3.63, 3.8) is 0 Å². The van der Waals surface area contributed by atoms with Gasteiger partial charge in [-0.1, -0.05) is 85.3 Å². The fourth-order valence-electron chi connectivity index (χ4n) is 4.38. The van der Waals surface area contributed by atoms with Crippen LogP contribution in [0.1, 0.15) is 35.6 Å². The molecule has 0 aliphatic carbocycles. The summed E-state index contributed by atoms with van der Waals surface area (Å²) in [4.78, 5) is 29.0. The van der Waals surface area contributed by atoms with Gasteiger partial charge in [0.1, 0.15) is 12.6 Å². The van der Waals surface area contributed by atoms with Gasteiger partial charge in [-0.05, 0) is 43.0 Å². The molecule has 1 atom stereocenters. The van der Waals surface area contributed by atoms with Crippen molar-refractivity contribution in [1.29, 1.82) is 0 Å². The maximum Gasteiger partial charge on any atom is 0.244 e. The Kier molecular flexibility index (Phi) is 10.1. The molecule has 0 aliphatic heterocycles. The van der Waals surface area contributed by atoms with E-state index in [0.29, 0.717) is 18.7 Å². The Balaban J connectivity index is 2.04. The van der Waals surface area contributed by atoms with Gasteiger partial charge >= 0.3 is 0 Å². The van der Waals surface area contributed by atoms with Gasteiger partial charge in [0.15, 0.2) is 0 Å². The highest BCUT2D eigenvalue weighted by atomic mass is 32.2. The number of benzene rings is 3. The van der Waals surface area contributed by atoms with Crippen LogP contribution in [0.15, 0.2) is 78.9 Å². The largest absolute Gasteiger partial charge is 0.354 e. The number of nitrogens with zero attached hydrogens (tertiary/aromatic N) is 2. The van der Waals surface area contributed by atoms with Crippen molar-refractivity contribution in [3.05, 3.63) is 101 Å². The molecule has 202 valence electrons. The molecule has 8 heteroatoms. The average molecular weight is 536 g/mol. The van der Waals surface area contributed by atoms with Gasteiger partial charge in [-0.15, -0.1) is 0 Å². The average Bonchev–Trinajstić information content (AvgIpc) is 2.88. The first-order valence-electron chi connectivity index (χ1n) is 12.8. The molecule has 0 spiro atoms. The second kappa shape index (κ2) is 13.2. The van der Waals surface area contributed by atoms with Crippen LogP contribution in [0.2, 0.25) is 0 Å². The summed E-state index contributed by atoms with van der Waals surface area (Å²) < 4.78 is 26.9. The highest BCUT2D eigenvalue weighted by molar-refractivity contribution is 7.92. The van der Waals surface area contributed by atoms with E-state index >= 15 is 0 Å². The van der Waals surface area contributed by atoms with E-state index in [2.05, 4.69) is 5.32 Å². The summed E-state index contributed by atoms with van der Waals surface area (Å²) in [7, 11) is -3.79. The number of anilines is 1. The fourth-order valence-corrected chi connectivity index (χ4v) is 5.29. The van der Waals surface area contributed by atoms with Crippen LogP contribution in [0.3, 0.4) is 0 Å². The molecule has 0 radical (unpaired) electrons. The first-order chi connectivity index (χ1) is 18.1. The molecule has 3 aromatic carbocycles. The van der Waals surface area contributed by atoms with Crippen LogP contribution in [-0.2, 0) is 32.6 Å². The smallest absolute Gasteiger partial charge is 0.244 e. The van der Waals surface area contributed by atoms with Crippen LogP contribution in [0, 0.1) is 13.8 Å². The minimum atomic E-state index is -3.79. The molecule has 0 heterocycles. The van der Waals surface area contributed by atoms with Crippen LogP contribution in [0.5, 0.6) is 0 Å². The zero-order chi connectivity index (χ0) is 27.7. The minimum absolute atomic E-state index is 0.168. The summed E-state index contributed by atoms with van der Waals surface area (Å²) in [5.74, 6) is -0.718.